The minimum Gasteiger partial charge on any atom is -0.388 e. The van der Waals surface area contributed by atoms with E-state index in [4.69, 9.17) is 0 Å². The van der Waals surface area contributed by atoms with Gasteiger partial charge in [0.05, 0.1) is 5.56 Å². The maximum absolute atomic E-state index is 12.5. The molecule has 0 aliphatic rings. The molecule has 8 heteroatoms. The molecule has 4 nitrogen and oxygen atoms in total. The van der Waals surface area contributed by atoms with Crippen LogP contribution in [0, 0.1) is 24.7 Å². The monoisotopic (exact) mass is 759 g/mol. The lowest BCUT2D eigenvalue weighted by molar-refractivity contribution is -0.138. The number of aryl methyl sites for hydroxylation is 2. The van der Waals surface area contributed by atoms with Gasteiger partial charge < -0.3 is 10.2 Å². The molecule has 0 radical (unpaired) electrons. The number of benzene rings is 2. The van der Waals surface area contributed by atoms with Crippen molar-refractivity contribution in [1.29, 1.82) is 0 Å². The fourth-order valence-electron chi connectivity index (χ4n) is 4.30. The number of hydrogen-bond donors (Lipinski definition) is 1. The van der Waals surface area contributed by atoms with E-state index in [1.165, 1.54) is 50.2 Å². The van der Waals surface area contributed by atoms with E-state index in [0.29, 0.717) is 23.2 Å². The van der Waals surface area contributed by atoms with Crippen LogP contribution in [0.2, 0.25) is 0 Å². The highest BCUT2D eigenvalue weighted by Crippen LogP contribution is 2.34. The van der Waals surface area contributed by atoms with Crippen LogP contribution in [-0.2, 0) is 17.4 Å². The summed E-state index contributed by atoms with van der Waals surface area (Å²) in [6, 6.07) is 9.78. The Morgan fingerprint density at radius 3 is 2.11 bits per heavy atom. The zero-order chi connectivity index (χ0) is 41.4. The van der Waals surface area contributed by atoms with Crippen LogP contribution in [0.1, 0.15) is 134 Å². The minimum absolute atomic E-state index is 0.330. The number of halogens is 3. The van der Waals surface area contributed by atoms with E-state index in [9.17, 15) is 22.8 Å². The number of aldehydes is 1. The highest BCUT2D eigenvalue weighted by molar-refractivity contribution is 8.15. The highest BCUT2D eigenvalue weighted by Gasteiger charge is 2.32. The van der Waals surface area contributed by atoms with Crippen molar-refractivity contribution in [1.82, 2.24) is 4.90 Å². The number of allylic oxidation sites excluding steroid dienone is 6. The molecule has 1 atom stereocenters. The average Bonchev–Trinajstić information content (AvgIpc) is 3.17. The molecule has 2 aromatic rings. The van der Waals surface area contributed by atoms with Crippen LogP contribution in [0.4, 0.5) is 18.9 Å². The molecule has 0 saturated heterocycles. The molecule has 1 unspecified atom stereocenters. The third-order valence-corrected chi connectivity index (χ3v) is 8.59. The molecule has 298 valence electrons. The van der Waals surface area contributed by atoms with Crippen molar-refractivity contribution in [2.24, 2.45) is 5.92 Å². The predicted octanol–water partition coefficient (Wildman–Crippen LogP) is 13.4. The summed E-state index contributed by atoms with van der Waals surface area (Å²) in [5, 5.41) is 2.69. The van der Waals surface area contributed by atoms with Crippen LogP contribution in [0.25, 0.3) is 0 Å². The predicted molar refractivity (Wildman–Crippen MR) is 229 cm³/mol. The molecule has 2 aromatic carbocycles. The van der Waals surface area contributed by atoms with Gasteiger partial charge in [-0.2, -0.15) is 13.2 Å². The van der Waals surface area contributed by atoms with Gasteiger partial charge in [-0.15, -0.1) is 0 Å². The molecule has 0 aromatic heterocycles. The van der Waals surface area contributed by atoms with Gasteiger partial charge in [0.2, 0.25) is 0 Å². The topological polar surface area (TPSA) is 49.4 Å². The summed E-state index contributed by atoms with van der Waals surface area (Å²) in [5.41, 5.74) is 5.47. The second-order valence-electron chi connectivity index (χ2n) is 11.9. The van der Waals surface area contributed by atoms with E-state index < -0.39 is 11.7 Å². The first-order valence-corrected chi connectivity index (χ1v) is 19.9. The Bertz CT molecular complexity index is 1450. The van der Waals surface area contributed by atoms with Gasteiger partial charge in [-0.1, -0.05) is 123 Å². The average molecular weight is 759 g/mol. The van der Waals surface area contributed by atoms with Crippen molar-refractivity contribution >= 4 is 29.4 Å². The first kappa shape index (κ1) is 53.8. The number of hydrogen-bond acceptors (Lipinski definition) is 5. The molecule has 0 amide bonds. The Balaban J connectivity index is -0.000000732. The van der Waals surface area contributed by atoms with E-state index in [0.717, 1.165) is 57.5 Å². The summed E-state index contributed by atoms with van der Waals surface area (Å²) in [6.07, 6.45) is 7.82. The van der Waals surface area contributed by atoms with Crippen LogP contribution < -0.4 is 5.32 Å². The molecule has 0 saturated carbocycles. The third-order valence-electron chi connectivity index (χ3n) is 7.82. The second-order valence-corrected chi connectivity index (χ2v) is 12.9. The van der Waals surface area contributed by atoms with Crippen molar-refractivity contribution in [2.45, 2.75) is 121 Å². The molecule has 0 spiro atoms. The maximum Gasteiger partial charge on any atom is 0.416 e. The normalized spacial score (nSPS) is 11.8. The molecular weight excluding hydrogens is 690 g/mol. The van der Waals surface area contributed by atoms with Crippen LogP contribution in [0.15, 0.2) is 70.7 Å². The molecule has 1 N–H and O–H groups in total. The van der Waals surface area contributed by atoms with E-state index in [-0.39, 0.29) is 0 Å². The standard InChI is InChI=1S/C21H22O2S.C10H12F3N.C10H23N.2C2H6/c1-5-6-7-19(12-17(3)18(4)24-15-23)10-11-21-13-20(14-22)9-8-16(21)2;1-3-7-4-5-8(14-2)6-9(7)10(11,12)13;1-5-8-11(4)9-7-10(3)6-2;2*1-2/h6-9,12-15H,5H2,1-4H3;4-6,14H,3H2,1-2H3;10H,5-9H2,1-4H3;2*1-2H3/b7-6+,18-17+,19-12+;;;;. The molecule has 0 bridgehead atoms. The van der Waals surface area contributed by atoms with Crippen molar-refractivity contribution in [3.05, 3.63) is 98.5 Å². The summed E-state index contributed by atoms with van der Waals surface area (Å²) < 4.78 is 37.6. The summed E-state index contributed by atoms with van der Waals surface area (Å²) in [7, 11) is 3.81. The molecule has 0 heterocycles. The minimum atomic E-state index is -4.27. The highest BCUT2D eigenvalue weighted by atomic mass is 32.2. The van der Waals surface area contributed by atoms with Gasteiger partial charge in [-0.25, -0.2) is 0 Å². The number of carbonyl (C=O) groups is 2. The van der Waals surface area contributed by atoms with Crippen LogP contribution >= 0.6 is 11.8 Å². The summed E-state index contributed by atoms with van der Waals surface area (Å²) >= 11 is 1.17. The van der Waals surface area contributed by atoms with Crippen molar-refractivity contribution in [2.75, 3.05) is 32.5 Å². The zero-order valence-corrected chi connectivity index (χ0v) is 36.0. The van der Waals surface area contributed by atoms with E-state index in [2.05, 4.69) is 56.8 Å². The lowest BCUT2D eigenvalue weighted by atomic mass is 10.0. The van der Waals surface area contributed by atoms with E-state index >= 15 is 0 Å². The Hall–Kier alpha value is -3.54. The Morgan fingerprint density at radius 2 is 1.62 bits per heavy atom. The molecule has 53 heavy (non-hydrogen) atoms. The fraction of sp³-hybridized carbons (Fsp3) is 0.511. The van der Waals surface area contributed by atoms with Gasteiger partial charge in [0.25, 0.3) is 0 Å². The molecule has 0 fully saturated rings. The lowest BCUT2D eigenvalue weighted by Crippen LogP contribution is -2.21. The fourth-order valence-corrected chi connectivity index (χ4v) is 4.69. The van der Waals surface area contributed by atoms with Crippen LogP contribution in [-0.4, -0.2) is 44.0 Å². The number of alkyl halides is 3. The van der Waals surface area contributed by atoms with E-state index in [1.807, 2.05) is 72.8 Å². The van der Waals surface area contributed by atoms with Gasteiger partial charge in [-0.3, -0.25) is 9.59 Å². The third kappa shape index (κ3) is 25.2. The number of nitrogens with zero attached hydrogens (tertiary/aromatic N) is 1. The van der Waals surface area contributed by atoms with Crippen molar-refractivity contribution in [3.63, 3.8) is 0 Å². The summed E-state index contributed by atoms with van der Waals surface area (Å²) in [6.45, 7) is 27.0. The number of nitrogens with one attached hydrogen (secondary N) is 1. The number of anilines is 1. The second kappa shape index (κ2) is 33.1. The zero-order valence-electron chi connectivity index (χ0n) is 35.2. The summed E-state index contributed by atoms with van der Waals surface area (Å²) in [5.74, 6) is 7.21. The first-order valence-electron chi connectivity index (χ1n) is 19.0. The number of thioether (sulfide) groups is 1. The lowest BCUT2D eigenvalue weighted by Gasteiger charge is -2.17. The van der Waals surface area contributed by atoms with Crippen molar-refractivity contribution in [3.8, 4) is 11.8 Å². The summed E-state index contributed by atoms with van der Waals surface area (Å²) in [4.78, 5) is 24.9. The quantitative estimate of drug-likeness (QED) is 0.118. The van der Waals surface area contributed by atoms with Gasteiger partial charge in [-0.05, 0) is 118 Å². The molecule has 2 rings (SSSR count). The maximum atomic E-state index is 12.5. The first-order chi connectivity index (χ1) is 25.2. The van der Waals surface area contributed by atoms with Crippen LogP contribution in [0.3, 0.4) is 0 Å². The van der Waals surface area contributed by atoms with Crippen molar-refractivity contribution < 1.29 is 22.8 Å². The Kier molecular flexibility index (Phi) is 33.6. The van der Waals surface area contributed by atoms with Gasteiger partial charge in [0, 0.05) is 29.4 Å². The van der Waals surface area contributed by atoms with Crippen LogP contribution in [0.5, 0.6) is 0 Å². The van der Waals surface area contributed by atoms with Gasteiger partial charge >= 0.3 is 6.18 Å². The van der Waals surface area contributed by atoms with Gasteiger partial charge in [0.15, 0.2) is 5.62 Å². The molecule has 0 aliphatic carbocycles. The SMILES string of the molecule is CC.CC.CC/C=C/C(C#Cc1cc(C=O)ccc1C)=C\C(C)=C(/C)SC=O.CCCN(C)CCC(C)CC.CCc1ccc(NC)cc1C(F)(F)F. The smallest absolute Gasteiger partial charge is 0.388 e. The van der Waals surface area contributed by atoms with E-state index in [1.54, 1.807) is 32.2 Å². The number of carbonyl (C=O) groups excluding carboxylic acids is 2. The Morgan fingerprint density at radius 1 is 0.981 bits per heavy atom. The Labute approximate surface area is 326 Å². The largest absolute Gasteiger partial charge is 0.416 e. The molecular formula is C45H69F3N2O2S. The van der Waals surface area contributed by atoms with Gasteiger partial charge in [0.1, 0.15) is 6.29 Å². The molecule has 0 aliphatic heterocycles. The number of rotatable bonds is 14.